The number of ether oxygens (including phenoxy) is 1. The normalized spacial score (nSPS) is 10.2. The number of amides is 1. The minimum Gasteiger partial charge on any atom is -0.457 e. The molecule has 0 aliphatic heterocycles. The molecule has 0 aliphatic carbocycles. The number of hydrogen-bond donors (Lipinski definition) is 1. The van der Waals surface area contributed by atoms with Gasteiger partial charge >= 0.3 is 0 Å². The lowest BCUT2D eigenvalue weighted by Gasteiger charge is -2.08. The quantitative estimate of drug-likeness (QED) is 0.522. The summed E-state index contributed by atoms with van der Waals surface area (Å²) in [6.07, 6.45) is 0. The molecule has 0 fully saturated rings. The van der Waals surface area contributed by atoms with Crippen molar-refractivity contribution < 1.29 is 14.5 Å². The Morgan fingerprint density at radius 3 is 2.19 bits per heavy atom. The molecule has 0 aromatic heterocycles. The zero-order valence-corrected chi connectivity index (χ0v) is 14.0. The topological polar surface area (TPSA) is 81.5 Å². The second-order valence-corrected chi connectivity index (χ2v) is 5.70. The van der Waals surface area contributed by atoms with Crippen LogP contribution >= 0.6 is 0 Å². The van der Waals surface area contributed by atoms with Crippen LogP contribution in [0.2, 0.25) is 0 Å². The zero-order valence-electron chi connectivity index (χ0n) is 14.0. The predicted octanol–water partition coefficient (Wildman–Crippen LogP) is 4.95. The van der Waals surface area contributed by atoms with E-state index in [9.17, 15) is 14.9 Å². The fourth-order valence-electron chi connectivity index (χ4n) is 2.31. The molecule has 0 bridgehead atoms. The fourth-order valence-corrected chi connectivity index (χ4v) is 2.31. The molecular formula is C20H16N2O4. The van der Waals surface area contributed by atoms with E-state index in [1.807, 2.05) is 31.2 Å². The summed E-state index contributed by atoms with van der Waals surface area (Å²) in [5.74, 6) is 0.951. The van der Waals surface area contributed by atoms with Gasteiger partial charge in [-0.25, -0.2) is 0 Å². The number of nitrogens with one attached hydrogen (secondary N) is 1. The summed E-state index contributed by atoms with van der Waals surface area (Å²) in [6.45, 7) is 2.00. The number of nitro benzene ring substituents is 1. The average Bonchev–Trinajstić information content (AvgIpc) is 2.65. The third-order valence-electron chi connectivity index (χ3n) is 3.69. The molecule has 130 valence electrons. The first-order valence-corrected chi connectivity index (χ1v) is 7.92. The number of rotatable bonds is 5. The standard InChI is InChI=1S/C20H16N2O4/c1-14-5-9-18(10-6-14)26-19-11-7-16(8-12-19)21-20(23)15-3-2-4-17(13-15)22(24)25/h2-13H,1H3,(H,21,23). The van der Waals surface area contributed by atoms with Gasteiger partial charge < -0.3 is 10.1 Å². The Labute approximate surface area is 150 Å². The maximum absolute atomic E-state index is 12.2. The highest BCUT2D eigenvalue weighted by molar-refractivity contribution is 6.04. The molecule has 3 rings (SSSR count). The largest absolute Gasteiger partial charge is 0.457 e. The van der Waals surface area contributed by atoms with E-state index in [2.05, 4.69) is 5.32 Å². The predicted molar refractivity (Wildman–Crippen MR) is 98.7 cm³/mol. The summed E-state index contributed by atoms with van der Waals surface area (Å²) >= 11 is 0. The first kappa shape index (κ1) is 17.2. The Kier molecular flexibility index (Phi) is 4.94. The number of nitrogens with zero attached hydrogens (tertiary/aromatic N) is 1. The van der Waals surface area contributed by atoms with Gasteiger partial charge in [0.05, 0.1) is 4.92 Å². The highest BCUT2D eigenvalue weighted by atomic mass is 16.6. The van der Waals surface area contributed by atoms with E-state index in [0.717, 1.165) is 11.3 Å². The molecule has 0 spiro atoms. The van der Waals surface area contributed by atoms with Crippen LogP contribution in [0.3, 0.4) is 0 Å². The minimum atomic E-state index is -0.534. The van der Waals surface area contributed by atoms with E-state index in [1.54, 1.807) is 24.3 Å². The van der Waals surface area contributed by atoms with Crippen LogP contribution in [0.1, 0.15) is 15.9 Å². The Morgan fingerprint density at radius 1 is 0.962 bits per heavy atom. The number of anilines is 1. The van der Waals surface area contributed by atoms with Crippen LogP contribution in [-0.2, 0) is 0 Å². The van der Waals surface area contributed by atoms with Gasteiger partial charge in [0.25, 0.3) is 11.6 Å². The van der Waals surface area contributed by atoms with Gasteiger partial charge in [-0.3, -0.25) is 14.9 Å². The van der Waals surface area contributed by atoms with Crippen LogP contribution in [0.4, 0.5) is 11.4 Å². The van der Waals surface area contributed by atoms with Crippen LogP contribution in [-0.4, -0.2) is 10.8 Å². The van der Waals surface area contributed by atoms with Crippen molar-refractivity contribution in [3.63, 3.8) is 0 Å². The van der Waals surface area contributed by atoms with Crippen molar-refractivity contribution in [3.05, 3.63) is 94.0 Å². The van der Waals surface area contributed by atoms with Crippen molar-refractivity contribution in [2.45, 2.75) is 6.92 Å². The van der Waals surface area contributed by atoms with Gasteiger partial charge in [0.2, 0.25) is 0 Å². The molecule has 0 radical (unpaired) electrons. The van der Waals surface area contributed by atoms with E-state index >= 15 is 0 Å². The van der Waals surface area contributed by atoms with Gasteiger partial charge in [0.15, 0.2) is 0 Å². The second-order valence-electron chi connectivity index (χ2n) is 5.70. The number of carbonyl (C=O) groups excluding carboxylic acids is 1. The third-order valence-corrected chi connectivity index (χ3v) is 3.69. The number of carbonyl (C=O) groups is 1. The SMILES string of the molecule is Cc1ccc(Oc2ccc(NC(=O)c3cccc([N+](=O)[O-])c3)cc2)cc1. The molecule has 0 unspecified atom stereocenters. The summed E-state index contributed by atoms with van der Waals surface area (Å²) in [4.78, 5) is 22.5. The number of non-ortho nitro benzene ring substituents is 1. The number of benzene rings is 3. The summed E-state index contributed by atoms with van der Waals surface area (Å²) in [7, 11) is 0. The average molecular weight is 348 g/mol. The minimum absolute atomic E-state index is 0.125. The molecule has 0 saturated heterocycles. The third kappa shape index (κ3) is 4.24. The molecule has 0 heterocycles. The van der Waals surface area contributed by atoms with Gasteiger partial charge in [0, 0.05) is 23.4 Å². The molecule has 3 aromatic carbocycles. The molecule has 1 amide bonds. The first-order valence-electron chi connectivity index (χ1n) is 7.92. The van der Waals surface area contributed by atoms with Crippen molar-refractivity contribution in [1.29, 1.82) is 0 Å². The number of nitro groups is 1. The highest BCUT2D eigenvalue weighted by Gasteiger charge is 2.11. The van der Waals surface area contributed by atoms with Crippen LogP contribution < -0.4 is 10.1 Å². The van der Waals surface area contributed by atoms with Crippen LogP contribution in [0.25, 0.3) is 0 Å². The van der Waals surface area contributed by atoms with E-state index in [1.165, 1.54) is 24.3 Å². The van der Waals surface area contributed by atoms with Crippen molar-refractivity contribution >= 4 is 17.3 Å². The summed E-state index contributed by atoms with van der Waals surface area (Å²) in [5.41, 5.74) is 1.81. The fraction of sp³-hybridized carbons (Fsp3) is 0.0500. The summed E-state index contributed by atoms with van der Waals surface area (Å²) < 4.78 is 5.73. The van der Waals surface area contributed by atoms with E-state index in [4.69, 9.17) is 4.74 Å². The molecule has 0 atom stereocenters. The van der Waals surface area contributed by atoms with Crippen molar-refractivity contribution in [2.75, 3.05) is 5.32 Å². The number of aryl methyl sites for hydroxylation is 1. The lowest BCUT2D eigenvalue weighted by Crippen LogP contribution is -2.11. The van der Waals surface area contributed by atoms with Gasteiger partial charge in [-0.15, -0.1) is 0 Å². The molecule has 6 nitrogen and oxygen atoms in total. The molecule has 3 aromatic rings. The lowest BCUT2D eigenvalue weighted by molar-refractivity contribution is -0.384. The smallest absolute Gasteiger partial charge is 0.270 e. The van der Waals surface area contributed by atoms with Gasteiger partial charge in [-0.05, 0) is 49.4 Å². The Hall–Kier alpha value is -3.67. The van der Waals surface area contributed by atoms with Crippen LogP contribution in [0.5, 0.6) is 11.5 Å². The highest BCUT2D eigenvalue weighted by Crippen LogP contribution is 2.23. The van der Waals surface area contributed by atoms with Gasteiger partial charge in [0.1, 0.15) is 11.5 Å². The maximum atomic E-state index is 12.2. The van der Waals surface area contributed by atoms with E-state index < -0.39 is 10.8 Å². The van der Waals surface area contributed by atoms with Gasteiger partial charge in [-0.1, -0.05) is 23.8 Å². The molecule has 0 aliphatic rings. The van der Waals surface area contributed by atoms with E-state index in [0.29, 0.717) is 11.4 Å². The summed E-state index contributed by atoms with van der Waals surface area (Å²) in [6, 6.07) is 20.2. The van der Waals surface area contributed by atoms with Crippen molar-refractivity contribution in [1.82, 2.24) is 0 Å². The lowest BCUT2D eigenvalue weighted by atomic mass is 10.2. The number of hydrogen-bond acceptors (Lipinski definition) is 4. The Morgan fingerprint density at radius 2 is 1.58 bits per heavy atom. The monoisotopic (exact) mass is 348 g/mol. The Bertz CT molecular complexity index is 935. The molecule has 26 heavy (non-hydrogen) atoms. The van der Waals surface area contributed by atoms with Crippen molar-refractivity contribution in [3.8, 4) is 11.5 Å². The van der Waals surface area contributed by atoms with Crippen molar-refractivity contribution in [2.24, 2.45) is 0 Å². The van der Waals surface area contributed by atoms with Crippen LogP contribution in [0, 0.1) is 17.0 Å². The van der Waals surface area contributed by atoms with Gasteiger partial charge in [-0.2, -0.15) is 0 Å². The first-order chi connectivity index (χ1) is 12.5. The maximum Gasteiger partial charge on any atom is 0.270 e. The van der Waals surface area contributed by atoms with E-state index in [-0.39, 0.29) is 11.3 Å². The molecule has 6 heteroatoms. The molecular weight excluding hydrogens is 332 g/mol. The Balaban J connectivity index is 1.67. The molecule has 1 N–H and O–H groups in total. The second kappa shape index (κ2) is 7.48. The van der Waals surface area contributed by atoms with Crippen LogP contribution in [0.15, 0.2) is 72.8 Å². The molecule has 0 saturated carbocycles. The summed E-state index contributed by atoms with van der Waals surface area (Å²) in [5, 5.41) is 13.5. The zero-order chi connectivity index (χ0) is 18.5.